The third-order valence-corrected chi connectivity index (χ3v) is 4.95. The normalized spacial score (nSPS) is 11.8. The number of nitrogens with one attached hydrogen (secondary N) is 1. The Balaban J connectivity index is 2.20. The molecule has 2 heterocycles. The van der Waals surface area contributed by atoms with Crippen molar-refractivity contribution in [1.82, 2.24) is 28.6 Å². The molecule has 0 saturated heterocycles. The van der Waals surface area contributed by atoms with Crippen LogP contribution in [-0.4, -0.2) is 46.0 Å². The highest BCUT2D eigenvalue weighted by molar-refractivity contribution is 7.89. The van der Waals surface area contributed by atoms with E-state index in [4.69, 9.17) is 4.74 Å². The molecule has 25 heavy (non-hydrogen) atoms. The van der Waals surface area contributed by atoms with Crippen molar-refractivity contribution in [2.75, 3.05) is 13.7 Å². The van der Waals surface area contributed by atoms with Gasteiger partial charge in [-0.1, -0.05) is 0 Å². The van der Waals surface area contributed by atoms with Crippen LogP contribution in [0.5, 0.6) is 0 Å². The predicted molar refractivity (Wildman–Crippen MR) is 87.5 cm³/mol. The minimum atomic E-state index is -4.12. The molecular formula is C13H20N6O5S. The van der Waals surface area contributed by atoms with E-state index in [1.165, 1.54) is 20.4 Å². The maximum Gasteiger partial charge on any atom is 0.330 e. The molecule has 0 spiro atoms. The number of aromatic nitrogens is 5. The second-order valence-electron chi connectivity index (χ2n) is 5.36. The summed E-state index contributed by atoms with van der Waals surface area (Å²) in [5, 5.41) is 7.63. The molecule has 0 amide bonds. The molecule has 0 aromatic carbocycles. The lowest BCUT2D eigenvalue weighted by molar-refractivity contribution is 0.190. The van der Waals surface area contributed by atoms with Gasteiger partial charge in [0.2, 0.25) is 10.0 Å². The lowest BCUT2D eigenvalue weighted by Crippen LogP contribution is -2.41. The quantitative estimate of drug-likeness (QED) is 0.541. The van der Waals surface area contributed by atoms with Crippen molar-refractivity contribution >= 4 is 10.0 Å². The number of hydrogen-bond acceptors (Lipinski definition) is 7. The van der Waals surface area contributed by atoms with Crippen LogP contribution < -0.4 is 16.0 Å². The van der Waals surface area contributed by atoms with Crippen LogP contribution in [0.1, 0.15) is 12.2 Å². The molecule has 1 N–H and O–H groups in total. The lowest BCUT2D eigenvalue weighted by atomic mass is 10.4. The zero-order valence-corrected chi connectivity index (χ0v) is 15.0. The number of sulfonamides is 1. The number of rotatable bonds is 8. The predicted octanol–water partition coefficient (Wildman–Crippen LogP) is -1.81. The van der Waals surface area contributed by atoms with Gasteiger partial charge < -0.3 is 13.9 Å². The minimum Gasteiger partial charge on any atom is -0.385 e. The molecule has 0 saturated carbocycles. The Kier molecular flexibility index (Phi) is 5.87. The van der Waals surface area contributed by atoms with Gasteiger partial charge in [0.15, 0.2) is 4.90 Å². The van der Waals surface area contributed by atoms with Gasteiger partial charge in [0, 0.05) is 40.6 Å². The third-order valence-electron chi connectivity index (χ3n) is 3.57. The van der Waals surface area contributed by atoms with Crippen molar-refractivity contribution in [2.24, 2.45) is 14.1 Å². The monoisotopic (exact) mass is 372 g/mol. The van der Waals surface area contributed by atoms with Crippen LogP contribution in [0.15, 0.2) is 27.0 Å². The Morgan fingerprint density at radius 2 is 2.00 bits per heavy atom. The molecule has 2 aromatic rings. The molecule has 0 aliphatic heterocycles. The van der Waals surface area contributed by atoms with E-state index >= 15 is 0 Å². The summed E-state index contributed by atoms with van der Waals surface area (Å²) in [7, 11) is 0.0592. The van der Waals surface area contributed by atoms with E-state index in [0.29, 0.717) is 19.0 Å². The second-order valence-corrected chi connectivity index (χ2v) is 7.10. The van der Waals surface area contributed by atoms with Crippen molar-refractivity contribution in [3.8, 4) is 0 Å². The van der Waals surface area contributed by atoms with Crippen LogP contribution in [0.3, 0.4) is 0 Å². The maximum absolute atomic E-state index is 12.4. The summed E-state index contributed by atoms with van der Waals surface area (Å²) in [5.74, 6) is 0.404. The smallest absolute Gasteiger partial charge is 0.330 e. The summed E-state index contributed by atoms with van der Waals surface area (Å²) in [6.45, 7) is 0.984. The Morgan fingerprint density at radius 3 is 2.68 bits per heavy atom. The summed E-state index contributed by atoms with van der Waals surface area (Å²) in [6, 6.07) is 0. The summed E-state index contributed by atoms with van der Waals surface area (Å²) in [4.78, 5) is 23.2. The average molecular weight is 372 g/mol. The summed E-state index contributed by atoms with van der Waals surface area (Å²) in [5.41, 5.74) is -1.50. The topological polar surface area (TPSA) is 130 Å². The van der Waals surface area contributed by atoms with Gasteiger partial charge in [-0.3, -0.25) is 9.36 Å². The van der Waals surface area contributed by atoms with E-state index in [-0.39, 0.29) is 6.54 Å². The van der Waals surface area contributed by atoms with Crippen molar-refractivity contribution in [1.29, 1.82) is 0 Å². The molecule has 11 nitrogen and oxygen atoms in total. The Morgan fingerprint density at radius 1 is 1.28 bits per heavy atom. The van der Waals surface area contributed by atoms with Gasteiger partial charge in [-0.05, 0) is 6.42 Å². The van der Waals surface area contributed by atoms with Gasteiger partial charge in [0.1, 0.15) is 12.2 Å². The van der Waals surface area contributed by atoms with Gasteiger partial charge in [0.25, 0.3) is 5.56 Å². The first-order valence-corrected chi connectivity index (χ1v) is 8.88. The standard InChI is InChI=1S/C13H20N6O5S/c1-17-8-10(12(20)18(2)13(17)21)25(22,23)15-7-11-16-14-9-19(11)5-4-6-24-3/h8-9,15H,4-7H2,1-3H3. The van der Waals surface area contributed by atoms with E-state index in [0.717, 1.165) is 21.8 Å². The first-order chi connectivity index (χ1) is 11.8. The number of ether oxygens (including phenoxy) is 1. The summed E-state index contributed by atoms with van der Waals surface area (Å²) >= 11 is 0. The number of nitrogens with zero attached hydrogens (tertiary/aromatic N) is 5. The van der Waals surface area contributed by atoms with Gasteiger partial charge >= 0.3 is 5.69 Å². The highest BCUT2D eigenvalue weighted by Gasteiger charge is 2.22. The molecule has 0 bridgehead atoms. The van der Waals surface area contributed by atoms with Crippen LogP contribution in [0.4, 0.5) is 0 Å². The number of methoxy groups -OCH3 is 1. The SMILES string of the molecule is COCCCn1cnnc1CNS(=O)(=O)c1cn(C)c(=O)n(C)c1=O. The van der Waals surface area contributed by atoms with Gasteiger partial charge in [-0.25, -0.2) is 17.9 Å². The number of aryl methyl sites for hydroxylation is 2. The zero-order valence-electron chi connectivity index (χ0n) is 14.2. The zero-order chi connectivity index (χ0) is 18.6. The Hall–Kier alpha value is -2.31. The molecule has 0 radical (unpaired) electrons. The van der Waals surface area contributed by atoms with E-state index in [1.807, 2.05) is 0 Å². The molecule has 12 heteroatoms. The first kappa shape index (κ1) is 19.0. The van der Waals surface area contributed by atoms with Crippen molar-refractivity contribution in [2.45, 2.75) is 24.4 Å². The molecule has 0 aliphatic rings. The molecular weight excluding hydrogens is 352 g/mol. The molecule has 2 rings (SSSR count). The highest BCUT2D eigenvalue weighted by Crippen LogP contribution is 2.03. The molecule has 138 valence electrons. The van der Waals surface area contributed by atoms with Gasteiger partial charge in [-0.15, -0.1) is 10.2 Å². The van der Waals surface area contributed by atoms with Crippen molar-refractivity contribution in [3.63, 3.8) is 0 Å². The second kappa shape index (κ2) is 7.72. The fourth-order valence-corrected chi connectivity index (χ4v) is 3.32. The Labute approximate surface area is 143 Å². The van der Waals surface area contributed by atoms with Crippen LogP contribution >= 0.6 is 0 Å². The van der Waals surface area contributed by atoms with E-state index in [9.17, 15) is 18.0 Å². The van der Waals surface area contributed by atoms with Crippen LogP contribution in [0.25, 0.3) is 0 Å². The average Bonchev–Trinajstić information content (AvgIpc) is 3.02. The van der Waals surface area contributed by atoms with Crippen molar-refractivity contribution in [3.05, 3.63) is 39.2 Å². The lowest BCUT2D eigenvalue weighted by Gasteiger charge is -2.10. The first-order valence-electron chi connectivity index (χ1n) is 7.40. The van der Waals surface area contributed by atoms with Crippen LogP contribution in [0.2, 0.25) is 0 Å². The van der Waals surface area contributed by atoms with E-state index in [2.05, 4.69) is 14.9 Å². The molecule has 0 atom stereocenters. The fraction of sp³-hybridized carbons (Fsp3) is 0.538. The summed E-state index contributed by atoms with van der Waals surface area (Å²) < 4.78 is 35.6. The minimum absolute atomic E-state index is 0.138. The van der Waals surface area contributed by atoms with Crippen molar-refractivity contribution < 1.29 is 13.2 Å². The van der Waals surface area contributed by atoms with E-state index < -0.39 is 26.2 Å². The molecule has 0 unspecified atom stereocenters. The van der Waals surface area contributed by atoms with Gasteiger partial charge in [-0.2, -0.15) is 0 Å². The highest BCUT2D eigenvalue weighted by atomic mass is 32.2. The summed E-state index contributed by atoms with van der Waals surface area (Å²) in [6.07, 6.45) is 3.20. The van der Waals surface area contributed by atoms with Gasteiger partial charge in [0.05, 0.1) is 6.54 Å². The third kappa shape index (κ3) is 4.21. The number of hydrogen-bond donors (Lipinski definition) is 1. The molecule has 0 aliphatic carbocycles. The fourth-order valence-electron chi connectivity index (χ4n) is 2.18. The molecule has 0 fully saturated rings. The van der Waals surface area contributed by atoms with Crippen LogP contribution in [0, 0.1) is 0 Å². The van der Waals surface area contributed by atoms with E-state index in [1.54, 1.807) is 11.7 Å². The largest absolute Gasteiger partial charge is 0.385 e. The molecule has 2 aromatic heterocycles. The Bertz CT molecular complexity index is 958. The van der Waals surface area contributed by atoms with Crippen LogP contribution in [-0.2, 0) is 41.9 Å². The maximum atomic E-state index is 12.4.